The Balaban J connectivity index is 2.40. The van der Waals surface area contributed by atoms with E-state index in [4.69, 9.17) is 4.74 Å². The Morgan fingerprint density at radius 1 is 1.40 bits per heavy atom. The van der Waals surface area contributed by atoms with Crippen LogP contribution < -0.4 is 10.1 Å². The van der Waals surface area contributed by atoms with Crippen molar-refractivity contribution in [2.45, 2.75) is 19.4 Å². The van der Waals surface area contributed by atoms with Gasteiger partial charge in [-0.2, -0.15) is 0 Å². The van der Waals surface area contributed by atoms with Crippen LogP contribution in [0.4, 0.5) is 0 Å². The van der Waals surface area contributed by atoms with E-state index in [9.17, 15) is 0 Å². The zero-order chi connectivity index (χ0) is 10.8. The van der Waals surface area contributed by atoms with Gasteiger partial charge in [0.25, 0.3) is 0 Å². The molecule has 1 atom stereocenters. The zero-order valence-corrected chi connectivity index (χ0v) is 9.50. The van der Waals surface area contributed by atoms with Gasteiger partial charge in [-0.25, -0.2) is 0 Å². The van der Waals surface area contributed by atoms with E-state index in [1.165, 1.54) is 16.7 Å². The molecule has 2 heteroatoms. The summed E-state index contributed by atoms with van der Waals surface area (Å²) in [5.74, 6) is 1.00. The van der Waals surface area contributed by atoms with Crippen LogP contribution >= 0.6 is 0 Å². The van der Waals surface area contributed by atoms with Crippen molar-refractivity contribution in [1.29, 1.82) is 0 Å². The molecular formula is C13H17NO. The van der Waals surface area contributed by atoms with Crippen LogP contribution in [-0.4, -0.2) is 20.2 Å². The number of nitrogens with one attached hydrogen (secondary N) is 1. The van der Waals surface area contributed by atoms with Crippen LogP contribution in [-0.2, 0) is 6.42 Å². The van der Waals surface area contributed by atoms with Crippen LogP contribution in [0.15, 0.2) is 24.3 Å². The highest BCUT2D eigenvalue weighted by atomic mass is 16.5. The summed E-state index contributed by atoms with van der Waals surface area (Å²) in [5, 5.41) is 3.28. The van der Waals surface area contributed by atoms with Crippen LogP contribution in [0, 0.1) is 0 Å². The number of benzene rings is 1. The predicted molar refractivity (Wildman–Crippen MR) is 63.2 cm³/mol. The summed E-state index contributed by atoms with van der Waals surface area (Å²) in [4.78, 5) is 0. The van der Waals surface area contributed by atoms with E-state index in [0.717, 1.165) is 12.2 Å². The van der Waals surface area contributed by atoms with Crippen LogP contribution in [0.1, 0.15) is 18.1 Å². The topological polar surface area (TPSA) is 21.3 Å². The summed E-state index contributed by atoms with van der Waals surface area (Å²) in [7, 11) is 3.72. The molecule has 0 saturated carbocycles. The minimum absolute atomic E-state index is 0.401. The molecule has 1 aliphatic rings. The summed E-state index contributed by atoms with van der Waals surface area (Å²) in [6.45, 7) is 2.18. The highest BCUT2D eigenvalue weighted by Crippen LogP contribution is 2.35. The molecule has 1 aromatic rings. The van der Waals surface area contributed by atoms with E-state index in [-0.39, 0.29) is 0 Å². The minimum Gasteiger partial charge on any atom is -0.496 e. The first-order valence-corrected chi connectivity index (χ1v) is 5.31. The maximum atomic E-state index is 5.37. The van der Waals surface area contributed by atoms with E-state index >= 15 is 0 Å². The molecule has 0 radical (unpaired) electrons. The van der Waals surface area contributed by atoms with Gasteiger partial charge >= 0.3 is 0 Å². The van der Waals surface area contributed by atoms with Gasteiger partial charge in [0.05, 0.1) is 7.11 Å². The molecule has 0 amide bonds. The molecule has 1 aromatic carbocycles. The second-order valence-electron chi connectivity index (χ2n) is 3.86. The average Bonchev–Trinajstić information content (AvgIpc) is 2.71. The lowest BCUT2D eigenvalue weighted by Gasteiger charge is -2.14. The molecule has 0 bridgehead atoms. The standard InChI is InChI=1S/C13H17NO/c1-9(14-2)10-7-8-12-11(10)5-4-6-13(12)15-3/h4-7,9,14H,8H2,1-3H3. The van der Waals surface area contributed by atoms with Crippen LogP contribution in [0.2, 0.25) is 0 Å². The van der Waals surface area contributed by atoms with Gasteiger partial charge in [0.1, 0.15) is 5.75 Å². The fraction of sp³-hybridized carbons (Fsp3) is 0.385. The maximum absolute atomic E-state index is 5.37. The molecule has 15 heavy (non-hydrogen) atoms. The molecule has 0 fully saturated rings. The summed E-state index contributed by atoms with van der Waals surface area (Å²) in [5.41, 5.74) is 4.03. The van der Waals surface area contributed by atoms with Crippen molar-refractivity contribution in [1.82, 2.24) is 5.32 Å². The Hall–Kier alpha value is -1.28. The Kier molecular flexibility index (Phi) is 2.78. The minimum atomic E-state index is 0.401. The van der Waals surface area contributed by atoms with Gasteiger partial charge in [-0.15, -0.1) is 0 Å². The smallest absolute Gasteiger partial charge is 0.122 e. The van der Waals surface area contributed by atoms with Crippen molar-refractivity contribution in [3.8, 4) is 5.75 Å². The van der Waals surface area contributed by atoms with Gasteiger partial charge in [0.2, 0.25) is 0 Å². The molecule has 0 aliphatic heterocycles. The van der Waals surface area contributed by atoms with Crippen LogP contribution in [0.5, 0.6) is 5.75 Å². The number of likely N-dealkylation sites (N-methyl/N-ethyl adjacent to an activating group) is 1. The van der Waals surface area contributed by atoms with Crippen LogP contribution in [0.3, 0.4) is 0 Å². The van der Waals surface area contributed by atoms with Gasteiger partial charge in [-0.3, -0.25) is 0 Å². The number of hydrogen-bond acceptors (Lipinski definition) is 2. The molecule has 0 spiro atoms. The quantitative estimate of drug-likeness (QED) is 0.813. The van der Waals surface area contributed by atoms with Crippen molar-refractivity contribution in [2.75, 3.05) is 14.2 Å². The lowest BCUT2D eigenvalue weighted by atomic mass is 10.0. The first-order valence-electron chi connectivity index (χ1n) is 5.31. The normalized spacial score (nSPS) is 15.8. The molecule has 2 rings (SSSR count). The van der Waals surface area contributed by atoms with Gasteiger partial charge < -0.3 is 10.1 Å². The molecule has 2 nitrogen and oxygen atoms in total. The summed E-state index contributed by atoms with van der Waals surface area (Å²) in [6, 6.07) is 6.65. The summed E-state index contributed by atoms with van der Waals surface area (Å²) < 4.78 is 5.37. The van der Waals surface area contributed by atoms with E-state index in [0.29, 0.717) is 6.04 Å². The van der Waals surface area contributed by atoms with E-state index in [1.807, 2.05) is 13.1 Å². The third kappa shape index (κ3) is 1.65. The molecule has 1 N–H and O–H groups in total. The number of fused-ring (bicyclic) bond motifs is 1. The predicted octanol–water partition coefficient (Wildman–Crippen LogP) is 2.24. The first-order chi connectivity index (χ1) is 7.27. The van der Waals surface area contributed by atoms with Gasteiger partial charge in [0, 0.05) is 11.6 Å². The molecule has 1 aliphatic carbocycles. The highest BCUT2D eigenvalue weighted by molar-refractivity contribution is 5.77. The number of ether oxygens (including phenoxy) is 1. The van der Waals surface area contributed by atoms with Crippen LogP contribution in [0.25, 0.3) is 5.57 Å². The lowest BCUT2D eigenvalue weighted by molar-refractivity contribution is 0.411. The molecule has 0 saturated heterocycles. The SMILES string of the molecule is CNC(C)C1=CCc2c(OC)cccc21. The van der Waals surface area contributed by atoms with Crippen molar-refractivity contribution in [3.05, 3.63) is 35.4 Å². The maximum Gasteiger partial charge on any atom is 0.122 e. The zero-order valence-electron chi connectivity index (χ0n) is 9.50. The molecule has 1 unspecified atom stereocenters. The highest BCUT2D eigenvalue weighted by Gasteiger charge is 2.20. The van der Waals surface area contributed by atoms with Crippen molar-refractivity contribution in [2.24, 2.45) is 0 Å². The monoisotopic (exact) mass is 203 g/mol. The summed E-state index contributed by atoms with van der Waals surface area (Å²) >= 11 is 0. The Labute approximate surface area is 91.0 Å². The second-order valence-corrected chi connectivity index (χ2v) is 3.86. The fourth-order valence-electron chi connectivity index (χ4n) is 2.13. The number of hydrogen-bond donors (Lipinski definition) is 1. The molecule has 0 heterocycles. The number of rotatable bonds is 3. The fourth-order valence-corrected chi connectivity index (χ4v) is 2.13. The van der Waals surface area contributed by atoms with Crippen molar-refractivity contribution in [3.63, 3.8) is 0 Å². The molecule has 0 aromatic heterocycles. The largest absolute Gasteiger partial charge is 0.496 e. The molecular weight excluding hydrogens is 186 g/mol. The van der Waals surface area contributed by atoms with Gasteiger partial charge in [-0.1, -0.05) is 18.2 Å². The Morgan fingerprint density at radius 3 is 2.87 bits per heavy atom. The van der Waals surface area contributed by atoms with Gasteiger partial charge in [-0.05, 0) is 37.6 Å². The number of methoxy groups -OCH3 is 1. The third-order valence-corrected chi connectivity index (χ3v) is 3.09. The Bertz CT molecular complexity index is 396. The third-order valence-electron chi connectivity index (χ3n) is 3.09. The van der Waals surface area contributed by atoms with Gasteiger partial charge in [0.15, 0.2) is 0 Å². The summed E-state index contributed by atoms with van der Waals surface area (Å²) in [6.07, 6.45) is 3.27. The van der Waals surface area contributed by atoms with Crippen molar-refractivity contribution < 1.29 is 4.74 Å². The van der Waals surface area contributed by atoms with E-state index < -0.39 is 0 Å². The van der Waals surface area contributed by atoms with Crippen molar-refractivity contribution >= 4 is 5.57 Å². The Morgan fingerprint density at radius 2 is 2.20 bits per heavy atom. The first kappa shape index (κ1) is 10.2. The number of allylic oxidation sites excluding steroid dienone is 1. The molecule has 80 valence electrons. The van der Waals surface area contributed by atoms with E-state index in [1.54, 1.807) is 7.11 Å². The lowest BCUT2D eigenvalue weighted by Crippen LogP contribution is -2.22. The second kappa shape index (κ2) is 4.07. The average molecular weight is 203 g/mol. The van der Waals surface area contributed by atoms with E-state index in [2.05, 4.69) is 30.4 Å².